The van der Waals surface area contributed by atoms with E-state index >= 15 is 4.39 Å². The first-order valence-corrected chi connectivity index (χ1v) is 15.9. The van der Waals surface area contributed by atoms with Crippen molar-refractivity contribution in [1.29, 1.82) is 0 Å². The number of nitrogens with one attached hydrogen (secondary N) is 2. The lowest BCUT2D eigenvalue weighted by atomic mass is 9.93. The van der Waals surface area contributed by atoms with Gasteiger partial charge in [-0.1, -0.05) is 50.8 Å². The monoisotopic (exact) mass is 611 g/mol. The van der Waals surface area contributed by atoms with Gasteiger partial charge in [-0.05, 0) is 49.3 Å². The minimum Gasteiger partial charge on any atom is -0.481 e. The smallest absolute Gasteiger partial charge is 0.271 e. The van der Waals surface area contributed by atoms with Gasteiger partial charge in [-0.3, -0.25) is 9.59 Å². The molecule has 0 bridgehead atoms. The third kappa shape index (κ3) is 8.54. The second-order valence-electron chi connectivity index (χ2n) is 11.2. The van der Waals surface area contributed by atoms with Crippen LogP contribution in [0.3, 0.4) is 0 Å². The van der Waals surface area contributed by atoms with Gasteiger partial charge >= 0.3 is 0 Å². The summed E-state index contributed by atoms with van der Waals surface area (Å²) in [5.41, 5.74) is 0.853. The van der Waals surface area contributed by atoms with Crippen LogP contribution in [0.25, 0.3) is 0 Å². The first kappa shape index (κ1) is 31.0. The van der Waals surface area contributed by atoms with Crippen molar-refractivity contribution in [1.82, 2.24) is 4.72 Å². The Morgan fingerprint density at radius 1 is 1.02 bits per heavy atom. The van der Waals surface area contributed by atoms with Crippen molar-refractivity contribution in [3.8, 4) is 5.75 Å². The van der Waals surface area contributed by atoms with Crippen LogP contribution in [0.5, 0.6) is 5.75 Å². The number of hydrogen-bond acceptors (Lipinski definition) is 6. The SMILES string of the molecule is CC(C)CN(c1cc(F)c(OCC(=O)NS(=O)(=O)C2CC2)cc1NC(=O)Cc1ccc(Cl)cc1F)C1CCCCC1. The molecular weight excluding hydrogens is 576 g/mol. The maximum atomic E-state index is 15.4. The molecule has 2 fully saturated rings. The summed E-state index contributed by atoms with van der Waals surface area (Å²) in [6.45, 7) is 3.99. The van der Waals surface area contributed by atoms with Crippen LogP contribution in [0, 0.1) is 17.6 Å². The topological polar surface area (TPSA) is 105 Å². The van der Waals surface area contributed by atoms with E-state index in [2.05, 4.69) is 24.1 Å². The van der Waals surface area contributed by atoms with E-state index in [-0.39, 0.29) is 40.4 Å². The molecule has 0 unspecified atom stereocenters. The Morgan fingerprint density at radius 3 is 2.37 bits per heavy atom. The average Bonchev–Trinajstić information content (AvgIpc) is 3.76. The van der Waals surface area contributed by atoms with Crippen LogP contribution < -0.4 is 19.7 Å². The third-order valence-electron chi connectivity index (χ3n) is 7.16. The average molecular weight is 612 g/mol. The maximum Gasteiger partial charge on any atom is 0.271 e. The summed E-state index contributed by atoms with van der Waals surface area (Å²) >= 11 is 5.83. The summed E-state index contributed by atoms with van der Waals surface area (Å²) in [6.07, 6.45) is 5.73. The van der Waals surface area contributed by atoms with Crippen LogP contribution in [-0.4, -0.2) is 44.7 Å². The van der Waals surface area contributed by atoms with Gasteiger partial charge in [0, 0.05) is 29.7 Å². The van der Waals surface area contributed by atoms with Crippen molar-refractivity contribution in [2.24, 2.45) is 5.92 Å². The van der Waals surface area contributed by atoms with Crippen LogP contribution in [0.15, 0.2) is 30.3 Å². The lowest BCUT2D eigenvalue weighted by molar-refractivity contribution is -0.121. The normalized spacial score (nSPS) is 16.0. The molecule has 8 nitrogen and oxygen atoms in total. The zero-order chi connectivity index (χ0) is 29.7. The maximum absolute atomic E-state index is 15.4. The number of rotatable bonds is 12. The number of nitrogens with zero attached hydrogens (tertiary/aromatic N) is 1. The number of anilines is 2. The van der Waals surface area contributed by atoms with Crippen molar-refractivity contribution in [3.05, 3.63) is 52.6 Å². The molecule has 12 heteroatoms. The summed E-state index contributed by atoms with van der Waals surface area (Å²) < 4.78 is 61.3. The predicted octanol–water partition coefficient (Wildman–Crippen LogP) is 5.58. The van der Waals surface area contributed by atoms with Gasteiger partial charge in [-0.2, -0.15) is 0 Å². The fourth-order valence-corrected chi connectivity index (χ4v) is 6.51. The van der Waals surface area contributed by atoms with Crippen molar-refractivity contribution in [2.45, 2.75) is 76.5 Å². The van der Waals surface area contributed by atoms with Crippen LogP contribution in [0.4, 0.5) is 20.2 Å². The molecule has 0 aromatic heterocycles. The standard InChI is InChI=1S/C29H36ClF2N3O5S/c1-18(2)16-35(21-6-4-3-5-7-21)26-14-24(32)27(40-17-29(37)34-41(38,39)22-10-11-22)15-25(26)33-28(36)12-19-8-9-20(30)13-23(19)31/h8-9,13-15,18,21-22H,3-7,10-12,16-17H2,1-2H3,(H,33,36)(H,34,37). The highest BCUT2D eigenvalue weighted by Crippen LogP contribution is 2.37. The Kier molecular flexibility index (Phi) is 10.1. The van der Waals surface area contributed by atoms with Crippen molar-refractivity contribution >= 4 is 44.8 Å². The van der Waals surface area contributed by atoms with Gasteiger partial charge in [0.05, 0.1) is 23.0 Å². The van der Waals surface area contributed by atoms with Crippen molar-refractivity contribution < 1.29 is 31.5 Å². The van der Waals surface area contributed by atoms with Gasteiger partial charge in [0.15, 0.2) is 18.2 Å². The van der Waals surface area contributed by atoms with Crippen molar-refractivity contribution in [2.75, 3.05) is 23.4 Å². The molecule has 0 spiro atoms. The fourth-order valence-electron chi connectivity index (χ4n) is 5.05. The van der Waals surface area contributed by atoms with E-state index < -0.39 is 45.3 Å². The number of amides is 2. The first-order chi connectivity index (χ1) is 19.4. The molecule has 2 aliphatic carbocycles. The van der Waals surface area contributed by atoms with E-state index in [0.29, 0.717) is 25.1 Å². The summed E-state index contributed by atoms with van der Waals surface area (Å²) in [5, 5.41) is 2.40. The quantitative estimate of drug-likeness (QED) is 0.325. The molecule has 2 saturated carbocycles. The van der Waals surface area contributed by atoms with Crippen LogP contribution in [-0.2, 0) is 26.0 Å². The highest BCUT2D eigenvalue weighted by molar-refractivity contribution is 7.90. The zero-order valence-corrected chi connectivity index (χ0v) is 24.8. The van der Waals surface area contributed by atoms with Gasteiger partial charge in [-0.25, -0.2) is 21.9 Å². The van der Waals surface area contributed by atoms with E-state index in [9.17, 15) is 22.4 Å². The zero-order valence-electron chi connectivity index (χ0n) is 23.2. The Labute approximate surface area is 244 Å². The molecule has 0 aliphatic heterocycles. The Bertz CT molecular complexity index is 1380. The largest absolute Gasteiger partial charge is 0.481 e. The second-order valence-corrected chi connectivity index (χ2v) is 13.6. The minimum absolute atomic E-state index is 0.139. The Balaban J connectivity index is 1.61. The summed E-state index contributed by atoms with van der Waals surface area (Å²) in [5.74, 6) is -2.93. The summed E-state index contributed by atoms with van der Waals surface area (Å²) in [7, 11) is -3.78. The van der Waals surface area contributed by atoms with E-state index in [1.807, 2.05) is 4.72 Å². The third-order valence-corrected chi connectivity index (χ3v) is 9.25. The van der Waals surface area contributed by atoms with E-state index in [1.165, 1.54) is 24.3 Å². The van der Waals surface area contributed by atoms with Crippen LogP contribution in [0.2, 0.25) is 5.02 Å². The molecule has 0 radical (unpaired) electrons. The Morgan fingerprint density at radius 2 is 1.73 bits per heavy atom. The molecule has 2 amide bonds. The van der Waals surface area contributed by atoms with Crippen molar-refractivity contribution in [3.63, 3.8) is 0 Å². The predicted molar refractivity (Wildman–Crippen MR) is 155 cm³/mol. The highest BCUT2D eigenvalue weighted by Gasteiger charge is 2.37. The molecule has 2 aromatic rings. The summed E-state index contributed by atoms with van der Waals surface area (Å²) in [6, 6.07) is 6.74. The molecule has 41 heavy (non-hydrogen) atoms. The van der Waals surface area contributed by atoms with Gasteiger partial charge in [0.25, 0.3) is 5.91 Å². The first-order valence-electron chi connectivity index (χ1n) is 13.9. The molecule has 0 atom stereocenters. The number of hydrogen-bond donors (Lipinski definition) is 2. The number of carbonyl (C=O) groups excluding carboxylic acids is 2. The Hall–Kier alpha value is -2.92. The number of carbonyl (C=O) groups is 2. The number of halogens is 3. The van der Waals surface area contributed by atoms with E-state index in [1.54, 1.807) is 0 Å². The van der Waals surface area contributed by atoms with Gasteiger partial charge in [0.1, 0.15) is 5.82 Å². The minimum atomic E-state index is -3.78. The molecule has 2 aliphatic rings. The molecule has 2 aromatic carbocycles. The number of benzene rings is 2. The van der Waals surface area contributed by atoms with Crippen LogP contribution in [0.1, 0.15) is 64.4 Å². The second kappa shape index (κ2) is 13.4. The fraction of sp³-hybridized carbons (Fsp3) is 0.517. The molecule has 4 rings (SSSR count). The van der Waals surface area contributed by atoms with Crippen LogP contribution >= 0.6 is 11.6 Å². The molecule has 224 valence electrons. The van der Waals surface area contributed by atoms with Gasteiger partial charge < -0.3 is 15.0 Å². The molecule has 0 saturated heterocycles. The summed E-state index contributed by atoms with van der Waals surface area (Å²) in [4.78, 5) is 27.4. The number of sulfonamides is 1. The molecule has 0 heterocycles. The van der Waals surface area contributed by atoms with E-state index in [4.69, 9.17) is 16.3 Å². The lowest BCUT2D eigenvalue weighted by Gasteiger charge is -2.38. The molecular formula is C29H36ClF2N3O5S. The highest BCUT2D eigenvalue weighted by atomic mass is 35.5. The van der Waals surface area contributed by atoms with Gasteiger partial charge in [0.2, 0.25) is 15.9 Å². The lowest BCUT2D eigenvalue weighted by Crippen LogP contribution is -2.40. The van der Waals surface area contributed by atoms with Gasteiger partial charge in [-0.15, -0.1) is 0 Å². The molecule has 2 N–H and O–H groups in total. The number of ether oxygens (including phenoxy) is 1. The van der Waals surface area contributed by atoms with E-state index in [0.717, 1.165) is 38.2 Å².